The highest BCUT2D eigenvalue weighted by molar-refractivity contribution is 7.46. The van der Waals surface area contributed by atoms with Crippen molar-refractivity contribution in [2.75, 3.05) is 55.8 Å². The summed E-state index contributed by atoms with van der Waals surface area (Å²) in [4.78, 5) is 51.6. The third kappa shape index (κ3) is 9.88. The van der Waals surface area contributed by atoms with Crippen LogP contribution in [0.25, 0.3) is 5.69 Å². The molecule has 4 unspecified atom stereocenters. The lowest BCUT2D eigenvalue weighted by molar-refractivity contribution is -0.153. The van der Waals surface area contributed by atoms with Gasteiger partial charge in [-0.15, -0.1) is 0 Å². The number of aromatic nitrogens is 6. The fourth-order valence-electron chi connectivity index (χ4n) is 7.68. The minimum atomic E-state index is -4.84. The van der Waals surface area contributed by atoms with Gasteiger partial charge in [0.05, 0.1) is 31.5 Å². The second-order valence-electron chi connectivity index (χ2n) is 14.6. The number of hydrogen-bond acceptors (Lipinski definition) is 12. The predicted octanol–water partition coefficient (Wildman–Crippen LogP) is 4.23. The molecule has 4 atom stereocenters. The van der Waals surface area contributed by atoms with Crippen molar-refractivity contribution in [3.8, 4) is 11.4 Å². The van der Waals surface area contributed by atoms with Crippen LogP contribution in [0.15, 0.2) is 90.5 Å². The molecule has 2 saturated heterocycles. The van der Waals surface area contributed by atoms with Crippen LogP contribution in [0.5, 0.6) is 5.75 Å². The number of hydrogen-bond donors (Lipinski definition) is 2. The summed E-state index contributed by atoms with van der Waals surface area (Å²) in [7, 11) is -4.84. The maximum Gasteiger partial charge on any atom is 0.470 e. The summed E-state index contributed by atoms with van der Waals surface area (Å²) >= 11 is 0. The number of halogens is 2. The molecule has 20 heteroatoms. The van der Waals surface area contributed by atoms with Crippen molar-refractivity contribution in [2.24, 2.45) is 5.92 Å². The Kier molecular flexibility index (Phi) is 12.6. The van der Waals surface area contributed by atoms with E-state index in [0.717, 1.165) is 43.6 Å². The molecule has 7 rings (SSSR count). The number of carbonyl (C=O) groups is 1. The molecule has 2 aromatic heterocycles. The topological polar surface area (TPSA) is 189 Å². The van der Waals surface area contributed by atoms with Gasteiger partial charge in [0.2, 0.25) is 0 Å². The Bertz CT molecular complexity index is 2300. The van der Waals surface area contributed by atoms with Crippen molar-refractivity contribution in [2.45, 2.75) is 51.0 Å². The number of esters is 1. The Morgan fingerprint density at radius 3 is 2.24 bits per heavy atom. The monoisotopic (exact) mass is 838 g/mol. The van der Waals surface area contributed by atoms with Gasteiger partial charge >= 0.3 is 19.5 Å². The van der Waals surface area contributed by atoms with Crippen LogP contribution in [0.3, 0.4) is 0 Å². The molecule has 2 fully saturated rings. The lowest BCUT2D eigenvalue weighted by atomic mass is 9.87. The zero-order valence-electron chi connectivity index (χ0n) is 32.4. The third-order valence-corrected chi connectivity index (χ3v) is 11.1. The number of ether oxygens (including phenoxy) is 3. The maximum atomic E-state index is 15.0. The van der Waals surface area contributed by atoms with E-state index in [0.29, 0.717) is 37.5 Å². The van der Waals surface area contributed by atoms with E-state index in [1.807, 2.05) is 48.5 Å². The number of phosphoric acid groups is 1. The minimum Gasteiger partial charge on any atom is -0.493 e. The number of phosphoric ester groups is 1. The van der Waals surface area contributed by atoms with E-state index >= 15 is 4.39 Å². The third-order valence-electron chi connectivity index (χ3n) is 10.6. The van der Waals surface area contributed by atoms with Crippen LogP contribution in [0.2, 0.25) is 0 Å². The van der Waals surface area contributed by atoms with Gasteiger partial charge in [0.25, 0.3) is 0 Å². The molecular weight excluding hydrogens is 793 g/mol. The summed E-state index contributed by atoms with van der Waals surface area (Å²) in [5.41, 5.74) is 1.47. The molecule has 0 spiro atoms. The van der Waals surface area contributed by atoms with Crippen LogP contribution in [0, 0.1) is 17.6 Å². The summed E-state index contributed by atoms with van der Waals surface area (Å²) < 4.78 is 65.7. The first-order chi connectivity index (χ1) is 28.3. The highest BCUT2D eigenvalue weighted by atomic mass is 31.2. The first-order valence-corrected chi connectivity index (χ1v) is 20.6. The van der Waals surface area contributed by atoms with Gasteiger partial charge in [-0.25, -0.2) is 41.8 Å². The molecule has 2 N–H and O–H groups in total. The van der Waals surface area contributed by atoms with Crippen LogP contribution in [-0.4, -0.2) is 97.0 Å². The summed E-state index contributed by atoms with van der Waals surface area (Å²) in [5.74, 6) is -1.64. The number of nitrogens with zero attached hydrogens (tertiary/aromatic N) is 8. The average Bonchev–Trinajstić information content (AvgIpc) is 3.98. The lowest BCUT2D eigenvalue weighted by Crippen LogP contribution is -2.46. The summed E-state index contributed by atoms with van der Waals surface area (Å²) in [6.45, 7) is 6.48. The molecule has 314 valence electrons. The summed E-state index contributed by atoms with van der Waals surface area (Å²) in [6.07, 6.45) is 4.35. The van der Waals surface area contributed by atoms with Gasteiger partial charge in [-0.05, 0) is 74.4 Å². The lowest BCUT2D eigenvalue weighted by Gasteiger charge is -2.37. The molecule has 5 aromatic rings. The van der Waals surface area contributed by atoms with Crippen molar-refractivity contribution in [3.63, 3.8) is 0 Å². The van der Waals surface area contributed by atoms with Crippen molar-refractivity contribution in [3.05, 3.63) is 113 Å². The smallest absolute Gasteiger partial charge is 0.470 e. The Labute approximate surface area is 337 Å². The van der Waals surface area contributed by atoms with E-state index in [9.17, 15) is 18.5 Å². The van der Waals surface area contributed by atoms with Gasteiger partial charge < -0.3 is 33.8 Å². The Balaban J connectivity index is 0.901. The Hall–Kier alpha value is -5.46. The Morgan fingerprint density at radius 1 is 0.966 bits per heavy atom. The second kappa shape index (κ2) is 17.8. The van der Waals surface area contributed by atoms with Crippen molar-refractivity contribution in [1.82, 2.24) is 29.1 Å². The largest absolute Gasteiger partial charge is 0.493 e. The molecule has 0 bridgehead atoms. The molecule has 59 heavy (non-hydrogen) atoms. The van der Waals surface area contributed by atoms with Gasteiger partial charge in [0.15, 0.2) is 6.61 Å². The van der Waals surface area contributed by atoms with Crippen molar-refractivity contribution in [1.29, 1.82) is 0 Å². The average molecular weight is 839 g/mol. The first kappa shape index (κ1) is 41.7. The van der Waals surface area contributed by atoms with E-state index < -0.39 is 55.5 Å². The fraction of sp³-hybridized carbons (Fsp3) is 0.410. The maximum absolute atomic E-state index is 15.0. The molecule has 17 nitrogen and oxygen atoms in total. The molecule has 3 aromatic carbocycles. The number of anilines is 2. The van der Waals surface area contributed by atoms with Crippen molar-refractivity contribution < 1.29 is 46.7 Å². The molecule has 2 aliphatic heterocycles. The van der Waals surface area contributed by atoms with Crippen LogP contribution >= 0.6 is 7.82 Å². The molecule has 0 aliphatic carbocycles. The number of piperazine rings is 1. The molecular formula is C39H45F2N8O9P. The number of carbonyl (C=O) groups excluding carboxylic acids is 1. The number of benzene rings is 3. The van der Waals surface area contributed by atoms with E-state index in [2.05, 4.69) is 29.5 Å². The van der Waals surface area contributed by atoms with E-state index in [1.165, 1.54) is 34.0 Å². The van der Waals surface area contributed by atoms with E-state index in [-0.39, 0.29) is 18.0 Å². The second-order valence-corrected chi connectivity index (χ2v) is 15.8. The minimum absolute atomic E-state index is 0.0432. The highest BCUT2D eigenvalue weighted by Crippen LogP contribution is 2.42. The van der Waals surface area contributed by atoms with Crippen LogP contribution in [0.1, 0.15) is 38.3 Å². The standard InChI is InChI=1S/C39H45F2N8O9P/c1-3-36(27(2)58-37(50)22-57-59(52,53)54)49-38(51)48(26-44-49)32-7-5-30(6-8-32)45-14-16-46(17-15-45)31-9-11-33(12-10-31)55-20-28-19-39(56-21-28,23-47-25-42-24-43-47)34-13-4-29(40)18-35(34)41/h4-13,18,24-28,36H,3,14-17,19-23H2,1-2H3,(H2,52,53,54). The van der Waals surface area contributed by atoms with Gasteiger partial charge in [-0.3, -0.25) is 4.52 Å². The molecule has 2 aliphatic rings. The quantitative estimate of drug-likeness (QED) is 0.106. The van der Waals surface area contributed by atoms with E-state index in [4.69, 9.17) is 24.0 Å². The predicted molar refractivity (Wildman–Crippen MR) is 209 cm³/mol. The SMILES string of the molecule is CCC(C(C)OC(=O)COP(=O)(O)O)n1ncn(-c2ccc(N3CCN(c4ccc(OCC5COC(Cn6cncn6)(c6ccc(F)cc6F)C5)cc4)CC3)cc2)c1=O. The van der Waals surface area contributed by atoms with Gasteiger partial charge in [-0.1, -0.05) is 13.0 Å². The molecule has 0 amide bonds. The van der Waals surface area contributed by atoms with Crippen LogP contribution < -0.4 is 20.2 Å². The van der Waals surface area contributed by atoms with Gasteiger partial charge in [0.1, 0.15) is 48.1 Å². The van der Waals surface area contributed by atoms with Crippen LogP contribution in [0.4, 0.5) is 20.2 Å². The zero-order chi connectivity index (χ0) is 41.7. The van der Waals surface area contributed by atoms with Crippen LogP contribution in [-0.2, 0) is 35.5 Å². The molecule has 0 radical (unpaired) electrons. The van der Waals surface area contributed by atoms with E-state index in [1.54, 1.807) is 24.9 Å². The Morgan fingerprint density at radius 2 is 1.63 bits per heavy atom. The van der Waals surface area contributed by atoms with Crippen molar-refractivity contribution >= 4 is 25.2 Å². The summed E-state index contributed by atoms with van der Waals surface area (Å²) in [5, 5.41) is 8.43. The number of rotatable bonds is 16. The fourth-order valence-corrected chi connectivity index (χ4v) is 7.96. The summed E-state index contributed by atoms with van der Waals surface area (Å²) in [6, 6.07) is 18.4. The molecule has 4 heterocycles. The normalized spacial score (nSPS) is 19.5. The molecule has 0 saturated carbocycles. The van der Waals surface area contributed by atoms with Gasteiger partial charge in [-0.2, -0.15) is 10.2 Å². The van der Waals surface area contributed by atoms with Gasteiger partial charge in [0, 0.05) is 55.1 Å². The first-order valence-electron chi connectivity index (χ1n) is 19.1. The highest BCUT2D eigenvalue weighted by Gasteiger charge is 2.44. The zero-order valence-corrected chi connectivity index (χ0v) is 33.3.